The van der Waals surface area contributed by atoms with Gasteiger partial charge in [0.2, 0.25) is 0 Å². The van der Waals surface area contributed by atoms with Gasteiger partial charge >= 0.3 is 0 Å². The van der Waals surface area contributed by atoms with E-state index < -0.39 is 0 Å². The molecular weight excluding hydrogens is 174 g/mol. The number of rotatable bonds is 7. The molecule has 0 saturated carbocycles. The fourth-order valence-electron chi connectivity index (χ4n) is 0.908. The van der Waals surface area contributed by atoms with Gasteiger partial charge in [0.25, 0.3) is 0 Å². The molecule has 0 spiro atoms. The zero-order chi connectivity index (χ0) is 8.53. The Morgan fingerprint density at radius 3 is 2.82 bits per heavy atom. The van der Waals surface area contributed by atoms with E-state index in [0.717, 1.165) is 6.42 Å². The van der Waals surface area contributed by atoms with Gasteiger partial charge in [-0.05, 0) is 6.42 Å². The van der Waals surface area contributed by atoms with Crippen molar-refractivity contribution in [3.8, 4) is 0 Å². The summed E-state index contributed by atoms with van der Waals surface area (Å²) in [5.74, 6) is 0. The molecule has 0 N–H and O–H groups in total. The van der Waals surface area contributed by atoms with Crippen LogP contribution in [0.25, 0.3) is 0 Å². The number of hydrogen-bond donors (Lipinski definition) is 0. The molecule has 0 aromatic rings. The molecule has 0 aliphatic carbocycles. The van der Waals surface area contributed by atoms with Gasteiger partial charge in [-0.25, -0.2) is 0 Å². The molecule has 0 amide bonds. The first kappa shape index (κ1) is 11.6. The van der Waals surface area contributed by atoms with Crippen LogP contribution in [0.3, 0.4) is 0 Å². The molecule has 0 heterocycles. The van der Waals surface area contributed by atoms with E-state index in [-0.39, 0.29) is 6.10 Å². The third kappa shape index (κ3) is 6.94. The van der Waals surface area contributed by atoms with Crippen molar-refractivity contribution in [3.05, 3.63) is 12.7 Å². The van der Waals surface area contributed by atoms with Crippen LogP contribution >= 0.6 is 17.4 Å². The van der Waals surface area contributed by atoms with Crippen molar-refractivity contribution in [1.82, 2.24) is 0 Å². The summed E-state index contributed by atoms with van der Waals surface area (Å²) < 4.78 is 5.41. The number of hydrogen-bond acceptors (Lipinski definition) is 1. The lowest BCUT2D eigenvalue weighted by atomic mass is 10.1. The van der Waals surface area contributed by atoms with Gasteiger partial charge in [0.15, 0.2) is 0 Å². The second kappa shape index (κ2) is 8.65. The highest BCUT2D eigenvalue weighted by atomic mass is 32.0. The number of unbranched alkanes of at least 4 members (excludes halogenated alkanes) is 2. The smallest absolute Gasteiger partial charge is 0.0796 e. The lowest BCUT2D eigenvalue weighted by Crippen LogP contribution is -2.02. The predicted molar refractivity (Wildman–Crippen MR) is 57.2 cm³/mol. The van der Waals surface area contributed by atoms with Crippen molar-refractivity contribution in [1.29, 1.82) is 0 Å². The average Bonchev–Trinajstić information content (AvgIpc) is 2.03. The maximum Gasteiger partial charge on any atom is 0.0796 e. The molecule has 0 aromatic heterocycles. The third-order valence-electron chi connectivity index (χ3n) is 1.57. The molecule has 0 radical (unpaired) electrons. The first-order chi connectivity index (χ1) is 5.35. The molecule has 0 saturated heterocycles. The topological polar surface area (TPSA) is 9.23 Å². The summed E-state index contributed by atoms with van der Waals surface area (Å²) in [4.78, 5) is 0. The first-order valence-corrected chi connectivity index (χ1v) is 6.80. The lowest BCUT2D eigenvalue weighted by molar-refractivity contribution is 0.273. The highest BCUT2D eigenvalue weighted by Crippen LogP contribution is 2.26. The quantitative estimate of drug-likeness (QED) is 0.340. The van der Waals surface area contributed by atoms with Gasteiger partial charge in [0.1, 0.15) is 0 Å². The van der Waals surface area contributed by atoms with Crippen molar-refractivity contribution in [2.24, 2.45) is 0 Å². The Labute approximate surface area is 73.9 Å². The van der Waals surface area contributed by atoms with E-state index in [4.69, 9.17) is 4.52 Å². The van der Waals surface area contributed by atoms with Crippen LogP contribution in [0.5, 0.6) is 0 Å². The fourth-order valence-corrected chi connectivity index (χ4v) is 1.82. The molecule has 0 bridgehead atoms. The van der Waals surface area contributed by atoms with Gasteiger partial charge in [-0.2, -0.15) is 0 Å². The standard InChI is InChI=1S/C8H18OP2/c1-3-5-6-7-8(4-2)9-11-10/h4,8,11H,2-3,5-7,10H2,1H3/t8-/m1/s1. The molecule has 0 aliphatic rings. The van der Waals surface area contributed by atoms with Crippen LogP contribution in [0, 0.1) is 0 Å². The van der Waals surface area contributed by atoms with Crippen LogP contribution in [-0.4, -0.2) is 6.10 Å². The molecule has 3 heteroatoms. The van der Waals surface area contributed by atoms with E-state index >= 15 is 0 Å². The zero-order valence-corrected chi connectivity index (χ0v) is 9.33. The van der Waals surface area contributed by atoms with E-state index in [9.17, 15) is 0 Å². The predicted octanol–water partition coefficient (Wildman–Crippen LogP) is 3.52. The Morgan fingerprint density at radius 2 is 2.36 bits per heavy atom. The van der Waals surface area contributed by atoms with E-state index in [1.54, 1.807) is 0 Å². The summed E-state index contributed by atoms with van der Waals surface area (Å²) in [6.45, 7) is 5.94. The minimum absolute atomic E-state index is 0.275. The maximum absolute atomic E-state index is 5.41. The Bertz CT molecular complexity index is 96.1. The summed E-state index contributed by atoms with van der Waals surface area (Å²) in [6, 6.07) is 0. The molecule has 11 heavy (non-hydrogen) atoms. The van der Waals surface area contributed by atoms with Crippen LogP contribution in [0.4, 0.5) is 0 Å². The normalized spacial score (nSPS) is 14.0. The summed E-state index contributed by atoms with van der Waals surface area (Å²) in [5, 5.41) is 0. The van der Waals surface area contributed by atoms with E-state index in [1.165, 1.54) is 19.3 Å². The van der Waals surface area contributed by atoms with Crippen LogP contribution in [-0.2, 0) is 4.52 Å². The highest BCUT2D eigenvalue weighted by Gasteiger charge is 2.01. The van der Waals surface area contributed by atoms with Crippen molar-refractivity contribution in [2.75, 3.05) is 0 Å². The summed E-state index contributed by atoms with van der Waals surface area (Å²) in [5.41, 5.74) is 0. The van der Waals surface area contributed by atoms with Gasteiger partial charge in [0, 0.05) is 8.50 Å². The van der Waals surface area contributed by atoms with Crippen molar-refractivity contribution < 1.29 is 4.52 Å². The Hall–Kier alpha value is 0.560. The molecule has 1 nitrogen and oxygen atoms in total. The van der Waals surface area contributed by atoms with Gasteiger partial charge in [0.05, 0.1) is 6.10 Å². The second-order valence-electron chi connectivity index (χ2n) is 2.51. The van der Waals surface area contributed by atoms with Gasteiger partial charge in [-0.1, -0.05) is 41.2 Å². The van der Waals surface area contributed by atoms with Crippen molar-refractivity contribution in [3.63, 3.8) is 0 Å². The fraction of sp³-hybridized carbons (Fsp3) is 0.750. The lowest BCUT2D eigenvalue weighted by Gasteiger charge is -2.10. The van der Waals surface area contributed by atoms with Gasteiger partial charge in [-0.3, -0.25) is 0 Å². The zero-order valence-electron chi connectivity index (χ0n) is 7.18. The van der Waals surface area contributed by atoms with Gasteiger partial charge < -0.3 is 4.52 Å². The molecule has 0 aliphatic heterocycles. The van der Waals surface area contributed by atoms with E-state index in [0.29, 0.717) is 8.50 Å². The Kier molecular flexibility index (Phi) is 9.10. The summed E-state index contributed by atoms with van der Waals surface area (Å²) in [7, 11) is 3.09. The van der Waals surface area contributed by atoms with Crippen LogP contribution in [0.1, 0.15) is 32.6 Å². The van der Waals surface area contributed by atoms with Crippen LogP contribution in [0.15, 0.2) is 12.7 Å². The molecule has 2 unspecified atom stereocenters. The molecular formula is C8H18OP2. The van der Waals surface area contributed by atoms with Crippen molar-refractivity contribution >= 4 is 17.4 Å². The largest absolute Gasteiger partial charge is 0.351 e. The second-order valence-corrected chi connectivity index (χ2v) is 3.68. The molecule has 3 atom stereocenters. The van der Waals surface area contributed by atoms with E-state index in [2.05, 4.69) is 22.4 Å². The van der Waals surface area contributed by atoms with E-state index in [1.807, 2.05) is 6.08 Å². The van der Waals surface area contributed by atoms with Crippen LogP contribution in [0.2, 0.25) is 0 Å². The minimum Gasteiger partial charge on any atom is -0.351 e. The molecule has 0 aromatic carbocycles. The SMILES string of the molecule is C=C[C@H](CCCCC)OPP. The Balaban J connectivity index is 3.28. The van der Waals surface area contributed by atoms with Crippen LogP contribution < -0.4 is 0 Å². The molecule has 66 valence electrons. The Morgan fingerprint density at radius 1 is 1.64 bits per heavy atom. The third-order valence-corrected chi connectivity index (χ3v) is 2.42. The van der Waals surface area contributed by atoms with Gasteiger partial charge in [-0.15, -0.1) is 6.58 Å². The van der Waals surface area contributed by atoms with Crippen molar-refractivity contribution in [2.45, 2.75) is 38.7 Å². The summed E-state index contributed by atoms with van der Waals surface area (Å²) >= 11 is 0. The maximum atomic E-state index is 5.41. The first-order valence-electron chi connectivity index (χ1n) is 4.09. The minimum atomic E-state index is 0.275. The highest BCUT2D eigenvalue weighted by molar-refractivity contribution is 8.00. The molecule has 0 fully saturated rings. The average molecular weight is 192 g/mol. The summed E-state index contributed by atoms with van der Waals surface area (Å²) in [6.07, 6.45) is 7.12. The molecule has 0 rings (SSSR count). The monoisotopic (exact) mass is 192 g/mol.